The largest absolute Gasteiger partial charge is 0.507 e. The first-order valence-electron chi connectivity index (χ1n) is 8.81. The van der Waals surface area contributed by atoms with Crippen molar-refractivity contribution in [3.63, 3.8) is 0 Å². The zero-order valence-electron chi connectivity index (χ0n) is 14.3. The summed E-state index contributed by atoms with van der Waals surface area (Å²) in [4.78, 5) is 0. The lowest BCUT2D eigenvalue weighted by Gasteiger charge is -2.00. The molecule has 1 aromatic rings. The Hall–Kier alpha value is -1.02. The Bertz CT molecular complexity index is 352. The van der Waals surface area contributed by atoms with Gasteiger partial charge in [-0.05, 0) is 6.07 Å². The van der Waals surface area contributed by atoms with Gasteiger partial charge in [-0.3, -0.25) is 0 Å². The van der Waals surface area contributed by atoms with Crippen molar-refractivity contribution in [2.75, 3.05) is 0 Å². The molecule has 1 N–H and O–H groups in total. The fraction of sp³-hybridized carbons (Fsp3) is 0.600. The average molecular weight is 318 g/mol. The molecule has 1 aromatic carbocycles. The van der Waals surface area contributed by atoms with E-state index in [1.54, 1.807) is 18.2 Å². The number of benzene rings is 1. The van der Waals surface area contributed by atoms with Gasteiger partial charge in [0.1, 0.15) is 5.75 Å². The SMILES string of the molecule is C=Cc1ccccc1O.CCCCCCCCCCCC[Si]. The second-order valence-corrected chi connectivity index (χ2v) is 6.19. The minimum atomic E-state index is 0.285. The molecule has 0 saturated heterocycles. The van der Waals surface area contributed by atoms with Gasteiger partial charge in [0.05, 0.1) is 0 Å². The number of phenols is 1. The van der Waals surface area contributed by atoms with Crippen LogP contribution in [0.25, 0.3) is 6.08 Å². The average Bonchev–Trinajstić information content (AvgIpc) is 2.54. The van der Waals surface area contributed by atoms with Crippen LogP contribution in [0.5, 0.6) is 5.75 Å². The standard InChI is InChI=1S/C12H25Si.C8H8O/c1-2-3-4-5-6-7-8-9-10-11-12-13;1-2-7-5-3-4-6-8(7)9/h2-12H2,1H3;2-6,9H,1H2. The summed E-state index contributed by atoms with van der Waals surface area (Å²) in [6, 6.07) is 8.26. The van der Waals surface area contributed by atoms with Gasteiger partial charge >= 0.3 is 0 Å². The van der Waals surface area contributed by atoms with Gasteiger partial charge < -0.3 is 5.11 Å². The van der Waals surface area contributed by atoms with Crippen molar-refractivity contribution in [3.05, 3.63) is 36.4 Å². The Morgan fingerprint density at radius 2 is 1.41 bits per heavy atom. The van der Waals surface area contributed by atoms with Crippen LogP contribution in [0.3, 0.4) is 0 Å². The zero-order valence-corrected chi connectivity index (χ0v) is 15.3. The van der Waals surface area contributed by atoms with E-state index in [2.05, 4.69) is 23.7 Å². The highest BCUT2D eigenvalue weighted by Gasteiger charge is 1.91. The lowest BCUT2D eigenvalue weighted by Crippen LogP contribution is -1.81. The molecular formula is C20H33OSi. The molecule has 0 aliphatic carbocycles. The molecule has 2 heteroatoms. The highest BCUT2D eigenvalue weighted by atomic mass is 28.1. The number of aromatic hydroxyl groups is 1. The molecule has 0 aliphatic rings. The Kier molecular flexibility index (Phi) is 15.6. The van der Waals surface area contributed by atoms with Gasteiger partial charge in [0.2, 0.25) is 0 Å². The van der Waals surface area contributed by atoms with Crippen LogP contribution in [0.1, 0.15) is 76.7 Å². The molecular weight excluding hydrogens is 284 g/mol. The van der Waals surface area contributed by atoms with E-state index in [1.165, 1.54) is 70.3 Å². The highest BCUT2D eigenvalue weighted by molar-refractivity contribution is 6.08. The number of unbranched alkanes of at least 4 members (excludes halogenated alkanes) is 9. The van der Waals surface area contributed by atoms with Crippen molar-refractivity contribution in [2.24, 2.45) is 0 Å². The van der Waals surface area contributed by atoms with E-state index < -0.39 is 0 Å². The third-order valence-corrected chi connectivity index (χ3v) is 4.04. The van der Waals surface area contributed by atoms with Crippen LogP contribution in [0.15, 0.2) is 30.8 Å². The maximum absolute atomic E-state index is 9.04. The van der Waals surface area contributed by atoms with Gasteiger partial charge in [0.15, 0.2) is 0 Å². The van der Waals surface area contributed by atoms with Crippen molar-refractivity contribution >= 4 is 16.3 Å². The summed E-state index contributed by atoms with van der Waals surface area (Å²) in [7, 11) is 3.50. The molecule has 0 atom stereocenters. The fourth-order valence-corrected chi connectivity index (χ4v) is 2.52. The number of para-hydroxylation sites is 1. The van der Waals surface area contributed by atoms with Gasteiger partial charge in [-0.1, -0.05) is 108 Å². The molecule has 123 valence electrons. The quantitative estimate of drug-likeness (QED) is 0.363. The number of hydrogen-bond donors (Lipinski definition) is 1. The summed E-state index contributed by atoms with van der Waals surface area (Å²) in [5.41, 5.74) is 0.775. The molecule has 1 rings (SSSR count). The molecule has 0 bridgehead atoms. The van der Waals surface area contributed by atoms with Crippen LogP contribution >= 0.6 is 0 Å². The van der Waals surface area contributed by atoms with E-state index in [1.807, 2.05) is 12.1 Å². The molecule has 0 aliphatic heterocycles. The minimum absolute atomic E-state index is 0.285. The van der Waals surface area contributed by atoms with Crippen LogP contribution in [-0.2, 0) is 0 Å². The molecule has 0 aromatic heterocycles. The van der Waals surface area contributed by atoms with Crippen LogP contribution in [0.2, 0.25) is 6.04 Å². The van der Waals surface area contributed by atoms with Crippen LogP contribution in [-0.4, -0.2) is 15.3 Å². The maximum atomic E-state index is 9.04. The van der Waals surface area contributed by atoms with E-state index in [4.69, 9.17) is 5.11 Å². The molecule has 0 fully saturated rings. The Labute approximate surface area is 141 Å². The molecule has 0 saturated carbocycles. The van der Waals surface area contributed by atoms with Gasteiger partial charge in [0, 0.05) is 15.8 Å². The lowest BCUT2D eigenvalue weighted by atomic mass is 10.1. The smallest absolute Gasteiger partial charge is 0.122 e. The predicted octanol–water partition coefficient (Wildman–Crippen LogP) is 6.53. The zero-order chi connectivity index (χ0) is 16.5. The first kappa shape index (κ1) is 21.0. The van der Waals surface area contributed by atoms with Gasteiger partial charge in [-0.15, -0.1) is 0 Å². The van der Waals surface area contributed by atoms with E-state index >= 15 is 0 Å². The molecule has 0 unspecified atom stereocenters. The van der Waals surface area contributed by atoms with E-state index in [-0.39, 0.29) is 5.75 Å². The fourth-order valence-electron chi connectivity index (χ4n) is 2.27. The first-order chi connectivity index (χ1) is 10.8. The van der Waals surface area contributed by atoms with Gasteiger partial charge in [0.25, 0.3) is 0 Å². The predicted molar refractivity (Wildman–Crippen MR) is 101 cm³/mol. The highest BCUT2D eigenvalue weighted by Crippen LogP contribution is 2.15. The lowest BCUT2D eigenvalue weighted by molar-refractivity contribution is 0.474. The number of phenolic OH excluding ortho intramolecular Hbond substituents is 1. The van der Waals surface area contributed by atoms with E-state index in [0.717, 1.165) is 5.56 Å². The summed E-state index contributed by atoms with van der Waals surface area (Å²) in [5.74, 6) is 0.285. The van der Waals surface area contributed by atoms with Gasteiger partial charge in [-0.2, -0.15) is 0 Å². The summed E-state index contributed by atoms with van der Waals surface area (Å²) >= 11 is 0. The van der Waals surface area contributed by atoms with Crippen molar-refractivity contribution in [1.82, 2.24) is 0 Å². The summed E-state index contributed by atoms with van der Waals surface area (Å²) in [6.45, 7) is 5.81. The monoisotopic (exact) mass is 317 g/mol. The summed E-state index contributed by atoms with van der Waals surface area (Å²) < 4.78 is 0. The normalized spacial score (nSPS) is 9.91. The van der Waals surface area contributed by atoms with Crippen molar-refractivity contribution in [3.8, 4) is 5.75 Å². The Morgan fingerprint density at radius 3 is 1.82 bits per heavy atom. The summed E-state index contributed by atoms with van der Waals surface area (Å²) in [6.07, 6.45) is 15.9. The molecule has 1 nitrogen and oxygen atoms in total. The third-order valence-electron chi connectivity index (χ3n) is 3.69. The van der Waals surface area contributed by atoms with E-state index in [0.29, 0.717) is 0 Å². The molecule has 0 spiro atoms. The molecule has 0 amide bonds. The first-order valence-corrected chi connectivity index (χ1v) is 9.52. The van der Waals surface area contributed by atoms with E-state index in [9.17, 15) is 0 Å². The molecule has 0 heterocycles. The van der Waals surface area contributed by atoms with Crippen molar-refractivity contribution in [1.29, 1.82) is 0 Å². The second-order valence-electron chi connectivity index (χ2n) is 5.69. The van der Waals surface area contributed by atoms with Crippen LogP contribution < -0.4 is 0 Å². The Balaban J connectivity index is 0.000000425. The van der Waals surface area contributed by atoms with Crippen molar-refractivity contribution < 1.29 is 5.11 Å². The van der Waals surface area contributed by atoms with Crippen LogP contribution in [0, 0.1) is 0 Å². The summed E-state index contributed by atoms with van der Waals surface area (Å²) in [5, 5.41) is 9.04. The Morgan fingerprint density at radius 1 is 0.909 bits per heavy atom. The second kappa shape index (κ2) is 16.3. The number of hydrogen-bond acceptors (Lipinski definition) is 1. The van der Waals surface area contributed by atoms with Crippen LogP contribution in [0.4, 0.5) is 0 Å². The van der Waals surface area contributed by atoms with Crippen molar-refractivity contribution in [2.45, 2.75) is 77.2 Å². The minimum Gasteiger partial charge on any atom is -0.507 e. The van der Waals surface area contributed by atoms with Gasteiger partial charge in [-0.25, -0.2) is 0 Å². The molecule has 3 radical (unpaired) electrons. The third kappa shape index (κ3) is 12.7. The topological polar surface area (TPSA) is 20.2 Å². The molecule has 22 heavy (non-hydrogen) atoms. The maximum Gasteiger partial charge on any atom is 0.122 e. The number of rotatable bonds is 11.